The Labute approximate surface area is 77.8 Å². The van der Waals surface area contributed by atoms with E-state index in [2.05, 4.69) is 23.8 Å². The summed E-state index contributed by atoms with van der Waals surface area (Å²) in [5.41, 5.74) is 1.58. The van der Waals surface area contributed by atoms with Crippen LogP contribution in [0.2, 0.25) is 0 Å². The molecule has 0 saturated carbocycles. The number of thiophene rings is 1. The first-order valence-corrected chi connectivity index (χ1v) is 5.50. The Morgan fingerprint density at radius 2 is 2.50 bits per heavy atom. The molecular formula is C10H15NS. The van der Waals surface area contributed by atoms with Gasteiger partial charge in [-0.2, -0.15) is 0 Å². The van der Waals surface area contributed by atoms with Gasteiger partial charge in [0, 0.05) is 10.9 Å². The quantitative estimate of drug-likeness (QED) is 0.655. The molecule has 1 nitrogen and oxygen atoms in total. The fraction of sp³-hybridized carbons (Fsp3) is 0.600. The minimum atomic E-state index is 0.709. The predicted molar refractivity (Wildman–Crippen MR) is 53.8 cm³/mol. The van der Waals surface area contributed by atoms with Crippen molar-refractivity contribution in [3.05, 3.63) is 21.9 Å². The van der Waals surface area contributed by atoms with Crippen LogP contribution in [0.4, 0.5) is 0 Å². The van der Waals surface area contributed by atoms with Crippen LogP contribution in [-0.2, 0) is 12.8 Å². The highest BCUT2D eigenvalue weighted by Gasteiger charge is 2.15. The second kappa shape index (κ2) is 3.58. The van der Waals surface area contributed by atoms with Gasteiger partial charge in [0.15, 0.2) is 0 Å². The molecule has 1 atom stereocenters. The monoisotopic (exact) mass is 181 g/mol. The molecule has 1 unspecified atom stereocenters. The molecule has 0 radical (unpaired) electrons. The van der Waals surface area contributed by atoms with Crippen LogP contribution in [0, 0.1) is 0 Å². The van der Waals surface area contributed by atoms with Crippen LogP contribution in [0.15, 0.2) is 11.4 Å². The predicted octanol–water partition coefficient (Wildman–Crippen LogP) is 2.21. The van der Waals surface area contributed by atoms with E-state index in [0.29, 0.717) is 6.04 Å². The number of likely N-dealkylation sites (N-methyl/N-ethyl adjacent to an activating group) is 1. The standard InChI is InChI=1S/C10H15NS/c1-11-9-3-2-4-10-8(7-9)5-6-12-10/h5-6,9,11H,2-4,7H2,1H3. The Hall–Kier alpha value is -0.340. The van der Waals surface area contributed by atoms with E-state index in [9.17, 15) is 0 Å². The van der Waals surface area contributed by atoms with E-state index in [1.54, 1.807) is 10.4 Å². The second-order valence-corrected chi connectivity index (χ2v) is 4.45. The fourth-order valence-electron chi connectivity index (χ4n) is 1.89. The molecule has 0 aliphatic heterocycles. The van der Waals surface area contributed by atoms with E-state index in [1.165, 1.54) is 25.7 Å². The maximum atomic E-state index is 3.38. The third kappa shape index (κ3) is 1.54. The molecule has 2 heteroatoms. The van der Waals surface area contributed by atoms with E-state index < -0.39 is 0 Å². The van der Waals surface area contributed by atoms with Crippen molar-refractivity contribution >= 4 is 11.3 Å². The van der Waals surface area contributed by atoms with Gasteiger partial charge in [0.2, 0.25) is 0 Å². The third-order valence-electron chi connectivity index (χ3n) is 2.67. The second-order valence-electron chi connectivity index (χ2n) is 3.45. The van der Waals surface area contributed by atoms with E-state index in [4.69, 9.17) is 0 Å². The van der Waals surface area contributed by atoms with Gasteiger partial charge in [-0.15, -0.1) is 11.3 Å². The molecular weight excluding hydrogens is 166 g/mol. The lowest BCUT2D eigenvalue weighted by Crippen LogP contribution is -2.26. The van der Waals surface area contributed by atoms with Crippen molar-refractivity contribution in [2.24, 2.45) is 0 Å². The molecule has 0 amide bonds. The van der Waals surface area contributed by atoms with Crippen LogP contribution >= 0.6 is 11.3 Å². The molecule has 0 saturated heterocycles. The van der Waals surface area contributed by atoms with Crippen LogP contribution < -0.4 is 5.32 Å². The number of nitrogens with one attached hydrogen (secondary N) is 1. The van der Waals surface area contributed by atoms with E-state index in [-0.39, 0.29) is 0 Å². The van der Waals surface area contributed by atoms with E-state index in [1.807, 2.05) is 11.3 Å². The first kappa shape index (κ1) is 8.27. The summed E-state index contributed by atoms with van der Waals surface area (Å²) in [5.74, 6) is 0. The zero-order valence-electron chi connectivity index (χ0n) is 7.47. The zero-order valence-corrected chi connectivity index (χ0v) is 8.29. The van der Waals surface area contributed by atoms with Gasteiger partial charge in [0.1, 0.15) is 0 Å². The van der Waals surface area contributed by atoms with Crippen molar-refractivity contribution < 1.29 is 0 Å². The molecule has 0 aromatic carbocycles. The third-order valence-corrected chi connectivity index (χ3v) is 3.69. The average Bonchev–Trinajstić information content (AvgIpc) is 2.43. The van der Waals surface area contributed by atoms with Crippen LogP contribution in [0.25, 0.3) is 0 Å². The molecule has 1 aromatic rings. The molecule has 1 aromatic heterocycles. The average molecular weight is 181 g/mol. The lowest BCUT2D eigenvalue weighted by Gasteiger charge is -2.11. The van der Waals surface area contributed by atoms with Crippen molar-refractivity contribution in [3.63, 3.8) is 0 Å². The molecule has 0 fully saturated rings. The number of rotatable bonds is 1. The minimum Gasteiger partial charge on any atom is -0.317 e. The Morgan fingerprint density at radius 1 is 1.58 bits per heavy atom. The summed E-state index contributed by atoms with van der Waals surface area (Å²) < 4.78 is 0. The molecule has 1 heterocycles. The van der Waals surface area contributed by atoms with Gasteiger partial charge in [-0.3, -0.25) is 0 Å². The van der Waals surface area contributed by atoms with Gasteiger partial charge in [-0.25, -0.2) is 0 Å². The molecule has 12 heavy (non-hydrogen) atoms. The largest absolute Gasteiger partial charge is 0.317 e. The van der Waals surface area contributed by atoms with Gasteiger partial charge >= 0.3 is 0 Å². The molecule has 0 bridgehead atoms. The van der Waals surface area contributed by atoms with Crippen LogP contribution in [0.1, 0.15) is 23.3 Å². The van der Waals surface area contributed by atoms with Crippen LogP contribution in [0.5, 0.6) is 0 Å². The normalized spacial score (nSPS) is 23.2. The van der Waals surface area contributed by atoms with Gasteiger partial charge in [-0.1, -0.05) is 0 Å². The van der Waals surface area contributed by atoms with E-state index in [0.717, 1.165) is 0 Å². The Morgan fingerprint density at radius 3 is 3.33 bits per heavy atom. The first-order valence-electron chi connectivity index (χ1n) is 4.62. The number of aryl methyl sites for hydroxylation is 1. The van der Waals surface area contributed by atoms with Gasteiger partial charge < -0.3 is 5.32 Å². The molecule has 0 spiro atoms. The highest BCUT2D eigenvalue weighted by molar-refractivity contribution is 7.10. The summed E-state index contributed by atoms with van der Waals surface area (Å²) in [7, 11) is 2.07. The first-order chi connectivity index (χ1) is 5.90. The number of hydrogen-bond acceptors (Lipinski definition) is 2. The van der Waals surface area contributed by atoms with E-state index >= 15 is 0 Å². The SMILES string of the molecule is CNC1CCCc2sccc2C1. The minimum absolute atomic E-state index is 0.709. The van der Waals surface area contributed by atoms with Crippen molar-refractivity contribution in [3.8, 4) is 0 Å². The number of hydrogen-bond donors (Lipinski definition) is 1. The van der Waals surface area contributed by atoms with Crippen LogP contribution in [-0.4, -0.2) is 13.1 Å². The van der Waals surface area contributed by atoms with Gasteiger partial charge in [-0.05, 0) is 49.7 Å². The highest BCUT2D eigenvalue weighted by Crippen LogP contribution is 2.25. The topological polar surface area (TPSA) is 12.0 Å². The highest BCUT2D eigenvalue weighted by atomic mass is 32.1. The maximum absolute atomic E-state index is 3.38. The Kier molecular flexibility index (Phi) is 2.47. The molecule has 2 rings (SSSR count). The smallest absolute Gasteiger partial charge is 0.0105 e. The summed E-state index contributed by atoms with van der Waals surface area (Å²) in [6.45, 7) is 0. The Bertz CT molecular complexity index is 254. The van der Waals surface area contributed by atoms with Gasteiger partial charge in [0.25, 0.3) is 0 Å². The maximum Gasteiger partial charge on any atom is 0.0105 e. The summed E-state index contributed by atoms with van der Waals surface area (Å²) >= 11 is 1.92. The summed E-state index contributed by atoms with van der Waals surface area (Å²) in [5, 5.41) is 5.60. The van der Waals surface area contributed by atoms with Crippen LogP contribution in [0.3, 0.4) is 0 Å². The van der Waals surface area contributed by atoms with Gasteiger partial charge in [0.05, 0.1) is 0 Å². The molecule has 1 aliphatic rings. The summed E-state index contributed by atoms with van der Waals surface area (Å²) in [4.78, 5) is 1.62. The molecule has 66 valence electrons. The fourth-order valence-corrected chi connectivity index (χ4v) is 2.85. The lowest BCUT2D eigenvalue weighted by molar-refractivity contribution is 0.517. The van der Waals surface area contributed by atoms with Crippen molar-refractivity contribution in [1.29, 1.82) is 0 Å². The zero-order chi connectivity index (χ0) is 8.39. The van der Waals surface area contributed by atoms with Crippen molar-refractivity contribution in [2.75, 3.05) is 7.05 Å². The number of fused-ring (bicyclic) bond motifs is 1. The molecule has 1 aliphatic carbocycles. The van der Waals surface area contributed by atoms with Crippen molar-refractivity contribution in [2.45, 2.75) is 31.7 Å². The lowest BCUT2D eigenvalue weighted by atomic mass is 10.1. The van der Waals surface area contributed by atoms with Crippen molar-refractivity contribution in [1.82, 2.24) is 5.32 Å². The Balaban J connectivity index is 2.18. The molecule has 1 N–H and O–H groups in total. The summed E-state index contributed by atoms with van der Waals surface area (Å²) in [6.07, 6.45) is 5.21. The summed E-state index contributed by atoms with van der Waals surface area (Å²) in [6, 6.07) is 3.00.